The monoisotopic (exact) mass is 490 g/mol. The first-order valence-corrected chi connectivity index (χ1v) is 13.4. The number of hydrazone groups is 1. The summed E-state index contributed by atoms with van der Waals surface area (Å²) in [5, 5.41) is 9.02. The number of benzene rings is 1. The molecule has 8 nitrogen and oxygen atoms in total. The van der Waals surface area contributed by atoms with Gasteiger partial charge in [0.2, 0.25) is 5.91 Å². The molecule has 36 heavy (non-hydrogen) atoms. The lowest BCUT2D eigenvalue weighted by Gasteiger charge is -2.35. The third-order valence-corrected chi connectivity index (χ3v) is 8.17. The van der Waals surface area contributed by atoms with Crippen LogP contribution in [-0.2, 0) is 4.79 Å². The highest BCUT2D eigenvalue weighted by Gasteiger charge is 2.32. The number of fused-ring (bicyclic) bond motifs is 1. The van der Waals surface area contributed by atoms with Crippen molar-refractivity contribution in [2.45, 2.75) is 71.3 Å². The Kier molecular flexibility index (Phi) is 6.97. The number of anilines is 1. The first-order chi connectivity index (χ1) is 17.4. The minimum absolute atomic E-state index is 0.0956. The van der Waals surface area contributed by atoms with Crippen LogP contribution in [0.1, 0.15) is 70.9 Å². The van der Waals surface area contributed by atoms with Gasteiger partial charge in [-0.3, -0.25) is 4.79 Å². The molecule has 2 heterocycles. The molecule has 2 unspecified atom stereocenters. The molecule has 4 N–H and O–H groups in total. The first-order valence-electron chi connectivity index (χ1n) is 13.4. The highest BCUT2D eigenvalue weighted by atomic mass is 16.3. The van der Waals surface area contributed by atoms with Crippen molar-refractivity contribution in [2.75, 3.05) is 24.5 Å². The Balaban J connectivity index is 1.41. The van der Waals surface area contributed by atoms with E-state index in [4.69, 9.17) is 10.8 Å². The average Bonchev–Trinajstić information content (AvgIpc) is 3.14. The summed E-state index contributed by atoms with van der Waals surface area (Å²) in [4.78, 5) is 30.0. The van der Waals surface area contributed by atoms with E-state index in [1.165, 1.54) is 11.1 Å². The second-order valence-electron chi connectivity index (χ2n) is 11.4. The number of hydrogen-bond acceptors (Lipinski definition) is 6. The number of H-pyrrole nitrogens is 1. The van der Waals surface area contributed by atoms with Crippen LogP contribution < -0.4 is 16.1 Å². The molecule has 1 amide bonds. The summed E-state index contributed by atoms with van der Waals surface area (Å²) < 4.78 is 0. The van der Waals surface area contributed by atoms with Crippen LogP contribution in [0.2, 0.25) is 0 Å². The average molecular weight is 491 g/mol. The number of rotatable bonds is 6. The third kappa shape index (κ3) is 4.96. The lowest BCUT2D eigenvalue weighted by Crippen LogP contribution is -2.39. The number of nitroso groups, excluding NO2 is 1. The van der Waals surface area contributed by atoms with Gasteiger partial charge in [-0.25, -0.2) is 0 Å². The Morgan fingerprint density at radius 1 is 1.22 bits per heavy atom. The minimum atomic E-state index is -0.164. The number of aromatic nitrogens is 1. The smallest absolute Gasteiger partial charge is 0.230 e. The van der Waals surface area contributed by atoms with Gasteiger partial charge in [0.1, 0.15) is 5.71 Å². The zero-order chi connectivity index (χ0) is 25.3. The lowest BCUT2D eigenvalue weighted by atomic mass is 9.73. The molecule has 5 rings (SSSR count). The van der Waals surface area contributed by atoms with Crippen LogP contribution in [0.15, 0.2) is 45.7 Å². The number of nitrogens with two attached hydrogens (primary N) is 1. The molecule has 2 aliphatic carbocycles. The summed E-state index contributed by atoms with van der Waals surface area (Å²) >= 11 is 0. The molecule has 1 saturated carbocycles. The summed E-state index contributed by atoms with van der Waals surface area (Å²) in [5.41, 5.74) is 16.2. The maximum atomic E-state index is 13.6. The molecule has 8 heteroatoms. The molecule has 1 aromatic heterocycles. The highest BCUT2D eigenvalue weighted by Crippen LogP contribution is 2.40. The van der Waals surface area contributed by atoms with Gasteiger partial charge in [-0.15, -0.1) is 0 Å². The molecule has 2 aromatic rings. The van der Waals surface area contributed by atoms with Crippen LogP contribution in [-0.4, -0.2) is 42.3 Å². The van der Waals surface area contributed by atoms with Crippen LogP contribution in [0.3, 0.4) is 0 Å². The van der Waals surface area contributed by atoms with E-state index in [9.17, 15) is 9.70 Å². The van der Waals surface area contributed by atoms with Gasteiger partial charge in [-0.1, -0.05) is 31.5 Å². The van der Waals surface area contributed by atoms with E-state index in [-0.39, 0.29) is 17.9 Å². The standard InChI is InChI=1S/C28H38N6O2/c1-28(2)11-10-23-20(16-28)17-30-32-26(23)25-14-19-7-9-22(15-24(19)31-25)34(13-12-29)27(35)18-4-3-5-21(33-36)8-6-18/h7,9,14-15,18,21,30-31H,3-6,8,10-13,16-17,29H2,1-2H3. The highest BCUT2D eigenvalue weighted by molar-refractivity contribution is 6.14. The summed E-state index contributed by atoms with van der Waals surface area (Å²) in [6.45, 7) is 6.36. The van der Waals surface area contributed by atoms with Crippen molar-refractivity contribution in [2.24, 2.45) is 27.3 Å². The third-order valence-electron chi connectivity index (χ3n) is 8.17. The Bertz CT molecular complexity index is 1210. The second-order valence-corrected chi connectivity index (χ2v) is 11.4. The van der Waals surface area contributed by atoms with E-state index in [0.29, 0.717) is 31.3 Å². The molecule has 0 bridgehead atoms. The lowest BCUT2D eigenvalue weighted by molar-refractivity contribution is -0.122. The van der Waals surface area contributed by atoms with Gasteiger partial charge in [0.05, 0.1) is 18.3 Å². The molecular formula is C28H38N6O2. The van der Waals surface area contributed by atoms with Gasteiger partial charge in [0.25, 0.3) is 0 Å². The van der Waals surface area contributed by atoms with Crippen molar-refractivity contribution < 1.29 is 4.79 Å². The fourth-order valence-electron chi connectivity index (χ4n) is 6.13. The van der Waals surface area contributed by atoms with Crippen LogP contribution >= 0.6 is 0 Å². The number of allylic oxidation sites excluding steroid dienone is 1. The number of carbonyl (C=O) groups is 1. The van der Waals surface area contributed by atoms with Crippen LogP contribution in [0.5, 0.6) is 0 Å². The Morgan fingerprint density at radius 3 is 2.89 bits per heavy atom. The minimum Gasteiger partial charge on any atom is -0.353 e. The fraction of sp³-hybridized carbons (Fsp3) is 0.571. The largest absolute Gasteiger partial charge is 0.353 e. The SMILES string of the molecule is CC1(C)CCC2=C(CNN=C2c2cc3ccc(N(CCN)C(=O)C4CCCC(N=O)CC4)cc3[nH]2)C1. The van der Waals surface area contributed by atoms with E-state index in [1.807, 2.05) is 11.0 Å². The molecule has 1 aromatic carbocycles. The summed E-state index contributed by atoms with van der Waals surface area (Å²) in [6, 6.07) is 8.12. The molecule has 0 radical (unpaired) electrons. The van der Waals surface area contributed by atoms with Crippen molar-refractivity contribution in [3.63, 3.8) is 0 Å². The van der Waals surface area contributed by atoms with Crippen molar-refractivity contribution >= 4 is 28.2 Å². The Morgan fingerprint density at radius 2 is 2.08 bits per heavy atom. The predicted octanol–water partition coefficient (Wildman–Crippen LogP) is 4.99. The van der Waals surface area contributed by atoms with E-state index in [0.717, 1.165) is 73.1 Å². The Labute approximate surface area is 212 Å². The molecule has 1 aliphatic heterocycles. The topological polar surface area (TPSA) is 116 Å². The summed E-state index contributed by atoms with van der Waals surface area (Å²) in [5.74, 6) is 0.000352. The van der Waals surface area contributed by atoms with Gasteiger partial charge in [0.15, 0.2) is 0 Å². The Hall–Kier alpha value is -3.00. The van der Waals surface area contributed by atoms with Crippen molar-refractivity contribution in [1.82, 2.24) is 10.4 Å². The molecule has 0 saturated heterocycles. The molecule has 192 valence electrons. The number of nitrogens with one attached hydrogen (secondary N) is 2. The van der Waals surface area contributed by atoms with E-state index in [1.54, 1.807) is 0 Å². The number of amides is 1. The van der Waals surface area contributed by atoms with E-state index < -0.39 is 0 Å². The van der Waals surface area contributed by atoms with E-state index >= 15 is 0 Å². The molecule has 0 spiro atoms. The van der Waals surface area contributed by atoms with Gasteiger partial charge in [-0.05, 0) is 79.7 Å². The number of carbonyl (C=O) groups excluding carboxylic acids is 1. The number of hydrogen-bond donors (Lipinski definition) is 3. The zero-order valence-electron chi connectivity index (χ0n) is 21.5. The second kappa shape index (κ2) is 10.2. The maximum Gasteiger partial charge on any atom is 0.230 e. The quantitative estimate of drug-likeness (QED) is 0.391. The van der Waals surface area contributed by atoms with Gasteiger partial charge < -0.3 is 21.0 Å². The van der Waals surface area contributed by atoms with Gasteiger partial charge in [-0.2, -0.15) is 10.0 Å². The first kappa shape index (κ1) is 24.7. The zero-order valence-corrected chi connectivity index (χ0v) is 21.5. The summed E-state index contributed by atoms with van der Waals surface area (Å²) in [7, 11) is 0. The molecule has 3 aliphatic rings. The van der Waals surface area contributed by atoms with Crippen LogP contribution in [0, 0.1) is 16.2 Å². The van der Waals surface area contributed by atoms with Crippen LogP contribution in [0.25, 0.3) is 10.9 Å². The molecule has 2 atom stereocenters. The van der Waals surface area contributed by atoms with Crippen molar-refractivity contribution in [3.8, 4) is 0 Å². The van der Waals surface area contributed by atoms with Crippen molar-refractivity contribution in [1.29, 1.82) is 0 Å². The van der Waals surface area contributed by atoms with Crippen LogP contribution in [0.4, 0.5) is 5.69 Å². The van der Waals surface area contributed by atoms with E-state index in [2.05, 4.69) is 47.6 Å². The fourth-order valence-corrected chi connectivity index (χ4v) is 6.13. The van der Waals surface area contributed by atoms with Gasteiger partial charge in [0, 0.05) is 35.6 Å². The molecule has 1 fully saturated rings. The maximum absolute atomic E-state index is 13.6. The molecular weight excluding hydrogens is 452 g/mol. The predicted molar refractivity (Wildman–Crippen MR) is 145 cm³/mol. The summed E-state index contributed by atoms with van der Waals surface area (Å²) in [6.07, 6.45) is 7.11. The van der Waals surface area contributed by atoms with Crippen molar-refractivity contribution in [3.05, 3.63) is 46.0 Å². The normalized spacial score (nSPS) is 23.9. The van der Waals surface area contributed by atoms with Gasteiger partial charge >= 0.3 is 0 Å². The number of nitrogens with zero attached hydrogens (tertiary/aromatic N) is 3. The number of aromatic amines is 1.